The molecule has 29 heavy (non-hydrogen) atoms. The Morgan fingerprint density at radius 3 is 1.48 bits per heavy atom. The van der Waals surface area contributed by atoms with Gasteiger partial charge in [0.05, 0.1) is 25.8 Å². The maximum atomic E-state index is 12.3. The zero-order valence-corrected chi connectivity index (χ0v) is 14.9. The van der Waals surface area contributed by atoms with E-state index in [1.165, 1.54) is 0 Å². The van der Waals surface area contributed by atoms with E-state index in [1.807, 2.05) is 16.0 Å². The van der Waals surface area contributed by atoms with Crippen LogP contribution in [0, 0.1) is 0 Å². The van der Waals surface area contributed by atoms with Crippen molar-refractivity contribution in [1.82, 2.24) is 16.0 Å². The molecule has 162 valence electrons. The van der Waals surface area contributed by atoms with Crippen molar-refractivity contribution in [1.29, 1.82) is 0 Å². The summed E-state index contributed by atoms with van der Waals surface area (Å²) >= 11 is 0. The molecule has 3 atom stereocenters. The molecule has 0 rings (SSSR count). The number of nitrogens with one attached hydrogen (secondary N) is 3. The minimum absolute atomic E-state index is 0.565. The third-order valence-corrected chi connectivity index (χ3v) is 3.25. The van der Waals surface area contributed by atoms with Crippen LogP contribution in [-0.4, -0.2) is 81.5 Å². The highest BCUT2D eigenvalue weighted by Gasteiger charge is 2.32. The summed E-state index contributed by atoms with van der Waals surface area (Å²) in [5.41, 5.74) is 10.0. The Labute approximate surface area is 162 Å². The van der Waals surface area contributed by atoms with E-state index in [2.05, 4.69) is 0 Å². The fourth-order valence-corrected chi connectivity index (χ4v) is 1.97. The van der Waals surface area contributed by atoms with Gasteiger partial charge in [-0.25, -0.2) is 4.79 Å². The van der Waals surface area contributed by atoms with Crippen LogP contribution in [0.3, 0.4) is 0 Å². The maximum Gasteiger partial charge on any atom is 0.326 e. The van der Waals surface area contributed by atoms with Gasteiger partial charge < -0.3 is 42.7 Å². The number of primary amides is 1. The quantitative estimate of drug-likeness (QED) is 0.140. The second-order valence-corrected chi connectivity index (χ2v) is 5.65. The molecule has 15 nitrogen and oxygen atoms in total. The Morgan fingerprint density at radius 1 is 0.690 bits per heavy atom. The standard InChI is InChI=1S/C14H21N5O10/c15-4-9(21)17-6(2-10(22)23)13(27)18-5(1-8(16)20)12(26)19-7(14(28)29)3-11(24)25/h5-7H,1-4,15H2,(H2,16,20)(H,17,21)(H,18,27)(H,19,26)(H,22,23)(H,24,25)(H,28,29). The predicted octanol–water partition coefficient (Wildman–Crippen LogP) is -4.69. The first-order valence-corrected chi connectivity index (χ1v) is 7.92. The van der Waals surface area contributed by atoms with Crippen LogP contribution in [0.15, 0.2) is 0 Å². The van der Waals surface area contributed by atoms with Crippen molar-refractivity contribution in [3.63, 3.8) is 0 Å². The second kappa shape index (κ2) is 11.9. The van der Waals surface area contributed by atoms with Crippen molar-refractivity contribution < 1.29 is 48.9 Å². The minimum atomic E-state index is -1.88. The molecule has 0 aliphatic heterocycles. The summed E-state index contributed by atoms with van der Waals surface area (Å²) < 4.78 is 0. The molecule has 15 heteroatoms. The fraction of sp³-hybridized carbons (Fsp3) is 0.500. The molecule has 0 saturated heterocycles. The number of carboxylic acid groups (broad SMARTS) is 3. The Bertz CT molecular complexity index is 694. The largest absolute Gasteiger partial charge is 0.481 e. The Hall–Kier alpha value is -3.75. The van der Waals surface area contributed by atoms with Crippen LogP contribution in [0.4, 0.5) is 0 Å². The van der Waals surface area contributed by atoms with Gasteiger partial charge in [0.15, 0.2) is 0 Å². The summed E-state index contributed by atoms with van der Waals surface area (Å²) in [6, 6.07) is -5.30. The van der Waals surface area contributed by atoms with Crippen molar-refractivity contribution in [3.05, 3.63) is 0 Å². The summed E-state index contributed by atoms with van der Waals surface area (Å²) in [6.45, 7) is -0.565. The highest BCUT2D eigenvalue weighted by atomic mass is 16.4. The van der Waals surface area contributed by atoms with E-state index in [0.717, 1.165) is 0 Å². The van der Waals surface area contributed by atoms with Crippen LogP contribution in [0.1, 0.15) is 19.3 Å². The average Bonchev–Trinajstić information content (AvgIpc) is 2.58. The number of nitrogens with two attached hydrogens (primary N) is 2. The van der Waals surface area contributed by atoms with Crippen LogP contribution >= 0.6 is 0 Å². The number of carbonyl (C=O) groups excluding carboxylic acids is 4. The van der Waals surface area contributed by atoms with Crippen LogP contribution in [0.2, 0.25) is 0 Å². The van der Waals surface area contributed by atoms with Gasteiger partial charge in [-0.1, -0.05) is 0 Å². The van der Waals surface area contributed by atoms with E-state index in [4.69, 9.17) is 26.8 Å². The highest BCUT2D eigenvalue weighted by molar-refractivity contribution is 5.97. The van der Waals surface area contributed by atoms with Gasteiger partial charge in [0.2, 0.25) is 23.6 Å². The lowest BCUT2D eigenvalue weighted by Gasteiger charge is -2.23. The molecular weight excluding hydrogens is 398 g/mol. The van der Waals surface area contributed by atoms with Crippen LogP contribution in [0.25, 0.3) is 0 Å². The molecule has 0 saturated carbocycles. The molecule has 0 spiro atoms. The molecule has 0 aliphatic rings. The lowest BCUT2D eigenvalue weighted by Crippen LogP contribution is -2.57. The van der Waals surface area contributed by atoms with Gasteiger partial charge in [-0.05, 0) is 0 Å². The Kier molecular flexibility index (Phi) is 10.3. The molecule has 10 N–H and O–H groups in total. The topological polar surface area (TPSA) is 268 Å². The summed E-state index contributed by atoms with van der Waals surface area (Å²) in [5.74, 6) is -9.13. The second-order valence-electron chi connectivity index (χ2n) is 5.65. The monoisotopic (exact) mass is 419 g/mol. The van der Waals surface area contributed by atoms with Gasteiger partial charge in [0, 0.05) is 0 Å². The fourth-order valence-electron chi connectivity index (χ4n) is 1.97. The smallest absolute Gasteiger partial charge is 0.326 e. The van der Waals surface area contributed by atoms with Gasteiger partial charge in [-0.15, -0.1) is 0 Å². The molecule has 0 bridgehead atoms. The number of hydrogen-bond donors (Lipinski definition) is 8. The van der Waals surface area contributed by atoms with E-state index in [0.29, 0.717) is 0 Å². The first kappa shape index (κ1) is 25.2. The summed E-state index contributed by atoms with van der Waals surface area (Å²) in [7, 11) is 0. The van der Waals surface area contributed by atoms with E-state index >= 15 is 0 Å². The Morgan fingerprint density at radius 2 is 1.10 bits per heavy atom. The Balaban J connectivity index is 5.43. The zero-order valence-electron chi connectivity index (χ0n) is 14.9. The number of carbonyl (C=O) groups is 7. The van der Waals surface area contributed by atoms with Crippen molar-refractivity contribution in [2.75, 3.05) is 6.54 Å². The van der Waals surface area contributed by atoms with Gasteiger partial charge in [-0.2, -0.15) is 0 Å². The van der Waals surface area contributed by atoms with Gasteiger partial charge >= 0.3 is 17.9 Å². The number of carboxylic acids is 3. The molecule has 0 aromatic carbocycles. The maximum absolute atomic E-state index is 12.3. The van der Waals surface area contributed by atoms with Crippen molar-refractivity contribution >= 4 is 41.5 Å². The normalized spacial score (nSPS) is 13.3. The van der Waals surface area contributed by atoms with Crippen molar-refractivity contribution in [2.24, 2.45) is 11.5 Å². The lowest BCUT2D eigenvalue weighted by molar-refractivity contribution is -0.147. The minimum Gasteiger partial charge on any atom is -0.481 e. The molecule has 0 radical (unpaired) electrons. The molecule has 4 amide bonds. The predicted molar refractivity (Wildman–Crippen MR) is 90.8 cm³/mol. The number of hydrogen-bond acceptors (Lipinski definition) is 8. The molecule has 0 aromatic heterocycles. The molecule has 0 aliphatic carbocycles. The van der Waals surface area contributed by atoms with Gasteiger partial charge in [0.25, 0.3) is 0 Å². The van der Waals surface area contributed by atoms with Crippen molar-refractivity contribution in [2.45, 2.75) is 37.4 Å². The summed E-state index contributed by atoms with van der Waals surface area (Å²) in [5, 5.41) is 32.3. The molecule has 0 fully saturated rings. The summed E-state index contributed by atoms with van der Waals surface area (Å²) in [4.78, 5) is 79.6. The van der Waals surface area contributed by atoms with E-state index < -0.39 is 85.5 Å². The molecule has 0 aromatic rings. The molecular formula is C14H21N5O10. The SMILES string of the molecule is NCC(=O)NC(CC(=O)O)C(=O)NC(CC(N)=O)C(=O)NC(CC(=O)O)C(=O)O. The third-order valence-electron chi connectivity index (χ3n) is 3.25. The molecule has 3 unspecified atom stereocenters. The zero-order chi connectivity index (χ0) is 22.7. The number of amides is 4. The van der Waals surface area contributed by atoms with Crippen LogP contribution in [-0.2, 0) is 33.6 Å². The number of aliphatic carboxylic acids is 3. The molecule has 0 heterocycles. The highest BCUT2D eigenvalue weighted by Crippen LogP contribution is 2.01. The van der Waals surface area contributed by atoms with E-state index in [1.54, 1.807) is 0 Å². The van der Waals surface area contributed by atoms with Gasteiger partial charge in [-0.3, -0.25) is 28.8 Å². The van der Waals surface area contributed by atoms with E-state index in [-0.39, 0.29) is 0 Å². The van der Waals surface area contributed by atoms with Crippen LogP contribution < -0.4 is 27.4 Å². The third kappa shape index (κ3) is 10.2. The first-order chi connectivity index (χ1) is 13.4. The summed E-state index contributed by atoms with van der Waals surface area (Å²) in [6.07, 6.45) is -2.70. The van der Waals surface area contributed by atoms with Crippen LogP contribution in [0.5, 0.6) is 0 Å². The van der Waals surface area contributed by atoms with E-state index in [9.17, 15) is 33.6 Å². The van der Waals surface area contributed by atoms with Gasteiger partial charge in [0.1, 0.15) is 18.1 Å². The first-order valence-electron chi connectivity index (χ1n) is 7.92. The lowest BCUT2D eigenvalue weighted by atomic mass is 10.1. The average molecular weight is 419 g/mol. The number of rotatable bonds is 13. The van der Waals surface area contributed by atoms with Crippen molar-refractivity contribution in [3.8, 4) is 0 Å².